The van der Waals surface area contributed by atoms with E-state index in [4.69, 9.17) is 0 Å². The van der Waals surface area contributed by atoms with E-state index >= 15 is 0 Å². The molecule has 1 saturated heterocycles. The molecule has 1 aromatic rings. The van der Waals surface area contributed by atoms with Crippen molar-refractivity contribution in [1.82, 2.24) is 15.5 Å². The van der Waals surface area contributed by atoms with Crippen LogP contribution in [-0.4, -0.2) is 43.7 Å². The molecule has 0 radical (unpaired) electrons. The maximum absolute atomic E-state index is 3.50. The molecule has 2 N–H and O–H groups in total. The van der Waals surface area contributed by atoms with Crippen molar-refractivity contribution in [2.45, 2.75) is 25.4 Å². The Morgan fingerprint density at radius 3 is 2.32 bits per heavy atom. The average molecular weight is 326 g/mol. The fourth-order valence-electron chi connectivity index (χ4n) is 3.01. The molecule has 1 unspecified atom stereocenters. The van der Waals surface area contributed by atoms with Crippen LogP contribution >= 0.6 is 15.9 Å². The van der Waals surface area contributed by atoms with Crippen molar-refractivity contribution in [2.75, 3.05) is 33.2 Å². The average Bonchev–Trinajstić information content (AvgIpc) is 2.42. The molecular formula is C15H24BrN3. The SMILES string of the molecule is CNC(c1ccc(Br)cc1)C(C)(C)N1CCNCC1. The van der Waals surface area contributed by atoms with E-state index in [-0.39, 0.29) is 5.54 Å². The predicted molar refractivity (Wildman–Crippen MR) is 84.5 cm³/mol. The van der Waals surface area contributed by atoms with Gasteiger partial charge in [0.1, 0.15) is 0 Å². The van der Waals surface area contributed by atoms with E-state index in [1.54, 1.807) is 0 Å². The van der Waals surface area contributed by atoms with Crippen molar-refractivity contribution in [3.8, 4) is 0 Å². The Balaban J connectivity index is 2.21. The number of rotatable bonds is 4. The van der Waals surface area contributed by atoms with Gasteiger partial charge in [0.15, 0.2) is 0 Å². The number of nitrogens with one attached hydrogen (secondary N) is 2. The first-order chi connectivity index (χ1) is 9.05. The van der Waals surface area contributed by atoms with Gasteiger partial charge in [0.05, 0.1) is 0 Å². The van der Waals surface area contributed by atoms with Crippen molar-refractivity contribution in [3.63, 3.8) is 0 Å². The quantitative estimate of drug-likeness (QED) is 0.890. The molecule has 1 heterocycles. The molecular weight excluding hydrogens is 302 g/mol. The molecule has 0 saturated carbocycles. The summed E-state index contributed by atoms with van der Waals surface area (Å²) in [6, 6.07) is 8.98. The van der Waals surface area contributed by atoms with E-state index in [0.29, 0.717) is 6.04 Å². The molecule has 1 aromatic carbocycles. The summed E-state index contributed by atoms with van der Waals surface area (Å²) >= 11 is 3.50. The van der Waals surface area contributed by atoms with Gasteiger partial charge in [0.25, 0.3) is 0 Å². The summed E-state index contributed by atoms with van der Waals surface area (Å²) in [6.07, 6.45) is 0. The number of likely N-dealkylation sites (N-methyl/N-ethyl adjacent to an activating group) is 1. The van der Waals surface area contributed by atoms with E-state index in [0.717, 1.165) is 30.7 Å². The van der Waals surface area contributed by atoms with Gasteiger partial charge in [-0.25, -0.2) is 0 Å². The molecule has 0 aliphatic carbocycles. The molecule has 0 aromatic heterocycles. The number of nitrogens with zero attached hydrogens (tertiary/aromatic N) is 1. The summed E-state index contributed by atoms with van der Waals surface area (Å²) in [5.41, 5.74) is 1.44. The maximum Gasteiger partial charge on any atom is 0.0499 e. The molecule has 0 bridgehead atoms. The molecule has 1 aliphatic rings. The minimum Gasteiger partial charge on any atom is -0.314 e. The van der Waals surface area contributed by atoms with Crippen molar-refractivity contribution in [2.24, 2.45) is 0 Å². The number of halogens is 1. The molecule has 1 atom stereocenters. The van der Waals surface area contributed by atoms with Crippen LogP contribution in [0.1, 0.15) is 25.5 Å². The van der Waals surface area contributed by atoms with Crippen LogP contribution in [0.5, 0.6) is 0 Å². The Kier molecular flexibility index (Phi) is 5.01. The van der Waals surface area contributed by atoms with E-state index in [2.05, 4.69) is 76.6 Å². The molecule has 4 heteroatoms. The van der Waals surface area contributed by atoms with Gasteiger partial charge in [-0.1, -0.05) is 28.1 Å². The largest absolute Gasteiger partial charge is 0.314 e. The second-order valence-corrected chi connectivity index (χ2v) is 6.58. The lowest BCUT2D eigenvalue weighted by molar-refractivity contribution is 0.0699. The van der Waals surface area contributed by atoms with Gasteiger partial charge in [-0.2, -0.15) is 0 Å². The number of hydrogen-bond acceptors (Lipinski definition) is 3. The Morgan fingerprint density at radius 1 is 1.21 bits per heavy atom. The fraction of sp³-hybridized carbons (Fsp3) is 0.600. The summed E-state index contributed by atoms with van der Waals surface area (Å²) in [5.74, 6) is 0. The van der Waals surface area contributed by atoms with Crippen LogP contribution in [0, 0.1) is 0 Å². The lowest BCUT2D eigenvalue weighted by atomic mass is 9.86. The molecule has 1 aliphatic heterocycles. The second kappa shape index (κ2) is 6.35. The van der Waals surface area contributed by atoms with E-state index < -0.39 is 0 Å². The Hall–Kier alpha value is -0.420. The highest BCUT2D eigenvalue weighted by molar-refractivity contribution is 9.10. The van der Waals surface area contributed by atoms with Crippen molar-refractivity contribution < 1.29 is 0 Å². The van der Waals surface area contributed by atoms with E-state index in [1.165, 1.54) is 5.56 Å². The molecule has 2 rings (SSSR count). The van der Waals surface area contributed by atoms with Crippen molar-refractivity contribution in [3.05, 3.63) is 34.3 Å². The summed E-state index contributed by atoms with van der Waals surface area (Å²) in [6.45, 7) is 9.06. The van der Waals surface area contributed by atoms with Gasteiger partial charge in [0, 0.05) is 42.2 Å². The Bertz CT molecular complexity index is 396. The summed E-state index contributed by atoms with van der Waals surface area (Å²) in [5, 5.41) is 6.92. The van der Waals surface area contributed by atoms with Crippen LogP contribution in [0.3, 0.4) is 0 Å². The molecule has 0 spiro atoms. The fourth-order valence-corrected chi connectivity index (χ4v) is 3.27. The minimum atomic E-state index is 0.102. The zero-order valence-corrected chi connectivity index (χ0v) is 13.6. The van der Waals surface area contributed by atoms with Crippen LogP contribution in [-0.2, 0) is 0 Å². The van der Waals surface area contributed by atoms with Gasteiger partial charge in [-0.3, -0.25) is 4.90 Å². The Labute approximate surface area is 124 Å². The standard InChI is InChI=1S/C15H24BrN3/c1-15(2,19-10-8-18-9-11-19)14(17-3)12-4-6-13(16)7-5-12/h4-7,14,17-18H,8-11H2,1-3H3. The second-order valence-electron chi connectivity index (χ2n) is 5.66. The van der Waals surface area contributed by atoms with E-state index in [1.807, 2.05) is 0 Å². The van der Waals surface area contributed by atoms with Gasteiger partial charge >= 0.3 is 0 Å². The molecule has 1 fully saturated rings. The Morgan fingerprint density at radius 2 is 1.79 bits per heavy atom. The van der Waals surface area contributed by atoms with Gasteiger partial charge < -0.3 is 10.6 Å². The van der Waals surface area contributed by atoms with Gasteiger partial charge in [-0.15, -0.1) is 0 Å². The minimum absolute atomic E-state index is 0.102. The normalized spacial score (nSPS) is 19.4. The lowest BCUT2D eigenvalue weighted by Crippen LogP contribution is -2.58. The highest BCUT2D eigenvalue weighted by atomic mass is 79.9. The van der Waals surface area contributed by atoms with Gasteiger partial charge in [0.2, 0.25) is 0 Å². The smallest absolute Gasteiger partial charge is 0.0499 e. The first-order valence-corrected chi connectivity index (χ1v) is 7.73. The molecule has 0 amide bonds. The zero-order chi connectivity index (χ0) is 13.9. The summed E-state index contributed by atoms with van der Waals surface area (Å²) in [7, 11) is 2.05. The first kappa shape index (κ1) is 15.0. The van der Waals surface area contributed by atoms with E-state index in [9.17, 15) is 0 Å². The van der Waals surface area contributed by atoms with Crippen LogP contribution in [0.15, 0.2) is 28.7 Å². The molecule has 19 heavy (non-hydrogen) atoms. The first-order valence-electron chi connectivity index (χ1n) is 6.94. The van der Waals surface area contributed by atoms with Crippen LogP contribution in [0.25, 0.3) is 0 Å². The topological polar surface area (TPSA) is 27.3 Å². The third-order valence-electron chi connectivity index (χ3n) is 4.13. The third kappa shape index (κ3) is 3.37. The highest BCUT2D eigenvalue weighted by Gasteiger charge is 2.35. The predicted octanol–water partition coefficient (Wildman–Crippen LogP) is 2.39. The van der Waals surface area contributed by atoms with Crippen LogP contribution < -0.4 is 10.6 Å². The zero-order valence-electron chi connectivity index (χ0n) is 12.0. The third-order valence-corrected chi connectivity index (χ3v) is 4.66. The van der Waals surface area contributed by atoms with Crippen molar-refractivity contribution >= 4 is 15.9 Å². The lowest BCUT2D eigenvalue weighted by Gasteiger charge is -2.46. The molecule has 106 valence electrons. The maximum atomic E-state index is 3.50. The number of benzene rings is 1. The van der Waals surface area contributed by atoms with Gasteiger partial charge in [-0.05, 0) is 38.6 Å². The summed E-state index contributed by atoms with van der Waals surface area (Å²) < 4.78 is 1.13. The van der Waals surface area contributed by atoms with Crippen LogP contribution in [0.2, 0.25) is 0 Å². The van der Waals surface area contributed by atoms with Crippen LogP contribution in [0.4, 0.5) is 0 Å². The monoisotopic (exact) mass is 325 g/mol. The molecule has 3 nitrogen and oxygen atoms in total. The van der Waals surface area contributed by atoms with Crippen molar-refractivity contribution in [1.29, 1.82) is 0 Å². The highest BCUT2D eigenvalue weighted by Crippen LogP contribution is 2.31. The summed E-state index contributed by atoms with van der Waals surface area (Å²) in [4.78, 5) is 2.58. The number of hydrogen-bond donors (Lipinski definition) is 2. The number of piperazine rings is 1.